The standard InChI is InChI=1S/C54H70F3N7O6Si/c1-30(2)71(31(3)4,32(5)6)22-19-34-15-14-16-35-23-36(58-49(65)69-51(8,9)10)24-38(40(34)35)43-42(55)44-41-46(61-48(60-44)67-29-53(20-21-53)26-62-27-54(56,57)28-62)63-25-37-17-18-39(45(63)33(7)68-47(41)59-43)64(37)50(66)70-52(11,12)13/h14-16,23-24,30-33,37,39,45H,17-18,20-21,25-29H2,1-13H3,(H,58,65)/t33-,37+,39-,45+/m0/s1. The average Bonchev–Trinajstić information content (AvgIpc) is 3.96. The second kappa shape index (κ2) is 18.0. The van der Waals surface area contributed by atoms with Gasteiger partial charge in [0.1, 0.15) is 47.8 Å². The summed E-state index contributed by atoms with van der Waals surface area (Å²) in [6.45, 7) is 26.7. The van der Waals surface area contributed by atoms with Crippen molar-refractivity contribution < 1.29 is 41.7 Å². The van der Waals surface area contributed by atoms with Gasteiger partial charge in [-0.1, -0.05) is 59.6 Å². The molecule has 2 amide bonds. The summed E-state index contributed by atoms with van der Waals surface area (Å²) in [6.07, 6.45) is 1.29. The predicted octanol–water partition coefficient (Wildman–Crippen LogP) is 11.7. The largest absolute Gasteiger partial charge is 0.472 e. The minimum atomic E-state index is -2.70. The molecular formula is C54H70F3N7O6Si. The van der Waals surface area contributed by atoms with Crippen LogP contribution in [0.5, 0.6) is 11.9 Å². The summed E-state index contributed by atoms with van der Waals surface area (Å²) >= 11 is 0. The molecule has 0 unspecified atom stereocenters. The average molecular weight is 998 g/mol. The number of alkyl halides is 2. The molecule has 1 N–H and O–H groups in total. The Bertz CT molecular complexity index is 2800. The molecular weight excluding hydrogens is 928 g/mol. The number of anilines is 2. The zero-order chi connectivity index (χ0) is 51.3. The number of halogens is 3. The summed E-state index contributed by atoms with van der Waals surface area (Å²) < 4.78 is 71.2. The van der Waals surface area contributed by atoms with E-state index >= 15 is 4.39 Å². The molecule has 0 spiro atoms. The van der Waals surface area contributed by atoms with Crippen LogP contribution >= 0.6 is 0 Å². The summed E-state index contributed by atoms with van der Waals surface area (Å²) in [7, 11) is -2.26. The number of amides is 2. The number of nitrogens with one attached hydrogen (secondary N) is 1. The Morgan fingerprint density at radius 3 is 2.23 bits per heavy atom. The van der Waals surface area contributed by atoms with Crippen LogP contribution in [0.25, 0.3) is 32.9 Å². The van der Waals surface area contributed by atoms with Crippen LogP contribution in [0.1, 0.15) is 121 Å². The highest BCUT2D eigenvalue weighted by atomic mass is 28.3. The van der Waals surface area contributed by atoms with E-state index in [9.17, 15) is 18.4 Å². The maximum Gasteiger partial charge on any atom is 0.412 e. The molecule has 9 rings (SSSR count). The van der Waals surface area contributed by atoms with Crippen molar-refractivity contribution in [2.75, 3.05) is 43.0 Å². The fourth-order valence-electron chi connectivity index (χ4n) is 12.0. The molecule has 17 heteroatoms. The Hall–Kier alpha value is -5.34. The molecule has 5 aliphatic rings. The smallest absolute Gasteiger partial charge is 0.412 e. The van der Waals surface area contributed by atoms with E-state index in [1.165, 1.54) is 0 Å². The normalized spacial score (nSPS) is 22.4. The molecule has 4 fully saturated rings. The third-order valence-electron chi connectivity index (χ3n) is 15.2. The van der Waals surface area contributed by atoms with Crippen LogP contribution in [0.15, 0.2) is 30.3 Å². The molecule has 6 heterocycles. The monoisotopic (exact) mass is 998 g/mol. The number of ether oxygens (including phenoxy) is 4. The van der Waals surface area contributed by atoms with Gasteiger partial charge in [0.05, 0.1) is 37.8 Å². The lowest BCUT2D eigenvalue weighted by atomic mass is 9.95. The SMILES string of the molecule is CC(C)[Si](C#Cc1cccc2cc(NC(=O)OC(C)(C)C)cc(-c3nc4c5c(nc(OCC6(CN7CC(F)(F)C7)CC6)nc5c3F)N3C[C@H]5CC[C@@H]([C@H]3[C@H](C)O4)N5C(=O)OC(C)(C)C)c12)(C(C)C)C(C)C. The van der Waals surface area contributed by atoms with Crippen molar-refractivity contribution in [3.63, 3.8) is 0 Å². The Kier molecular flexibility index (Phi) is 12.8. The number of fused-ring (bicyclic) bond motifs is 6. The van der Waals surface area contributed by atoms with E-state index in [4.69, 9.17) is 33.9 Å². The third-order valence-corrected chi connectivity index (χ3v) is 21.5. The van der Waals surface area contributed by atoms with Gasteiger partial charge in [0.25, 0.3) is 5.92 Å². The first-order valence-corrected chi connectivity index (χ1v) is 27.6. The van der Waals surface area contributed by atoms with Crippen molar-refractivity contribution in [3.05, 3.63) is 41.7 Å². The maximum atomic E-state index is 18.4. The van der Waals surface area contributed by atoms with E-state index in [2.05, 4.69) is 63.2 Å². The molecule has 3 saturated heterocycles. The van der Waals surface area contributed by atoms with Gasteiger partial charge in [0.15, 0.2) is 5.82 Å². The van der Waals surface area contributed by atoms with Gasteiger partial charge in [-0.2, -0.15) is 9.97 Å². The van der Waals surface area contributed by atoms with Crippen LogP contribution in [-0.2, 0) is 9.47 Å². The summed E-state index contributed by atoms with van der Waals surface area (Å²) in [6, 6.07) is 8.18. The molecule has 1 aliphatic carbocycles. The van der Waals surface area contributed by atoms with Gasteiger partial charge < -0.3 is 23.8 Å². The van der Waals surface area contributed by atoms with Crippen molar-refractivity contribution >= 4 is 53.4 Å². The number of piperazine rings is 1. The molecule has 4 aromatic rings. The van der Waals surface area contributed by atoms with Crippen molar-refractivity contribution in [1.82, 2.24) is 24.8 Å². The van der Waals surface area contributed by atoms with Crippen LogP contribution in [-0.4, -0.2) is 119 Å². The predicted molar refractivity (Wildman–Crippen MR) is 273 cm³/mol. The van der Waals surface area contributed by atoms with E-state index in [0.717, 1.165) is 19.3 Å². The van der Waals surface area contributed by atoms with Gasteiger partial charge in [0, 0.05) is 40.7 Å². The number of rotatable bonds is 10. The first-order chi connectivity index (χ1) is 33.2. The summed E-state index contributed by atoms with van der Waals surface area (Å²) in [5.74, 6) is 0.633. The minimum Gasteiger partial charge on any atom is -0.472 e. The number of carbonyl (C=O) groups is 2. The highest BCUT2D eigenvalue weighted by Crippen LogP contribution is 2.50. The van der Waals surface area contributed by atoms with E-state index < -0.39 is 55.3 Å². The zero-order valence-corrected chi connectivity index (χ0v) is 44.6. The van der Waals surface area contributed by atoms with Gasteiger partial charge in [-0.15, -0.1) is 5.54 Å². The molecule has 0 radical (unpaired) electrons. The maximum absolute atomic E-state index is 18.4. The number of benzene rings is 2. The number of likely N-dealkylation sites (tertiary alicyclic amines) is 1. The number of nitrogens with zero attached hydrogens (tertiary/aromatic N) is 6. The molecule has 4 atom stereocenters. The van der Waals surface area contributed by atoms with Crippen LogP contribution in [0.2, 0.25) is 16.6 Å². The second-order valence-corrected chi connectivity index (χ2v) is 29.4. The van der Waals surface area contributed by atoms with Crippen LogP contribution in [0.3, 0.4) is 0 Å². The molecule has 2 aromatic carbocycles. The van der Waals surface area contributed by atoms with Gasteiger partial charge in [0.2, 0.25) is 5.88 Å². The molecule has 4 aliphatic heterocycles. The Morgan fingerprint density at radius 1 is 0.930 bits per heavy atom. The van der Waals surface area contributed by atoms with Gasteiger partial charge in [-0.3, -0.25) is 15.1 Å². The van der Waals surface area contributed by atoms with E-state index in [0.29, 0.717) is 69.5 Å². The molecule has 13 nitrogen and oxygen atoms in total. The van der Waals surface area contributed by atoms with Gasteiger partial charge in [-0.25, -0.2) is 27.7 Å². The molecule has 2 bridgehead atoms. The van der Waals surface area contributed by atoms with Crippen LogP contribution in [0, 0.1) is 22.7 Å². The van der Waals surface area contributed by atoms with Crippen molar-refractivity contribution in [1.29, 1.82) is 0 Å². The van der Waals surface area contributed by atoms with Crippen molar-refractivity contribution in [2.45, 2.75) is 174 Å². The number of hydrogen-bond acceptors (Lipinski definition) is 11. The van der Waals surface area contributed by atoms with Crippen molar-refractivity contribution in [3.8, 4) is 34.6 Å². The summed E-state index contributed by atoms with van der Waals surface area (Å²) in [4.78, 5) is 47.9. The Morgan fingerprint density at radius 2 is 1.61 bits per heavy atom. The molecule has 1 saturated carbocycles. The molecule has 2 aromatic heterocycles. The first-order valence-electron chi connectivity index (χ1n) is 25.4. The van der Waals surface area contributed by atoms with E-state index in [-0.39, 0.29) is 65.7 Å². The fraction of sp³-hybridized carbons (Fsp3) is 0.611. The molecule has 71 heavy (non-hydrogen) atoms. The lowest BCUT2D eigenvalue weighted by molar-refractivity contribution is -0.137. The highest BCUT2D eigenvalue weighted by molar-refractivity contribution is 6.90. The summed E-state index contributed by atoms with van der Waals surface area (Å²) in [5.41, 5.74) is 4.26. The van der Waals surface area contributed by atoms with E-state index in [1.54, 1.807) is 31.7 Å². The Labute approximate surface area is 416 Å². The number of pyridine rings is 1. The van der Waals surface area contributed by atoms with E-state index in [1.807, 2.05) is 56.9 Å². The molecule has 382 valence electrons. The highest BCUT2D eigenvalue weighted by Gasteiger charge is 2.55. The fourth-order valence-corrected chi connectivity index (χ4v) is 17.2. The number of hydrogen-bond donors (Lipinski definition) is 1. The van der Waals surface area contributed by atoms with Gasteiger partial charge in [-0.05, 0) is 114 Å². The first kappa shape index (κ1) is 50.6. The number of aromatic nitrogens is 3. The van der Waals surface area contributed by atoms with Crippen molar-refractivity contribution in [2.24, 2.45) is 5.41 Å². The third kappa shape index (κ3) is 9.71. The Balaban J connectivity index is 1.23. The second-order valence-electron chi connectivity index (χ2n) is 23.8. The van der Waals surface area contributed by atoms with Gasteiger partial charge >= 0.3 is 18.2 Å². The lowest BCUT2D eigenvalue weighted by Crippen LogP contribution is -2.65. The number of carbonyl (C=O) groups excluding carboxylic acids is 2. The lowest BCUT2D eigenvalue weighted by Gasteiger charge is -2.48. The quantitative estimate of drug-likeness (QED) is 0.120. The zero-order valence-electron chi connectivity index (χ0n) is 43.6. The summed E-state index contributed by atoms with van der Waals surface area (Å²) in [5, 5.41) is 4.46. The topological polar surface area (TPSA) is 131 Å². The van der Waals surface area contributed by atoms with Crippen LogP contribution in [0.4, 0.5) is 34.3 Å². The van der Waals surface area contributed by atoms with Crippen LogP contribution < -0.4 is 19.7 Å². The minimum absolute atomic E-state index is 0.0703.